The Morgan fingerprint density at radius 3 is 2.39 bits per heavy atom. The lowest BCUT2D eigenvalue weighted by molar-refractivity contribution is -0.143. The summed E-state index contributed by atoms with van der Waals surface area (Å²) in [4.78, 5) is 11.3. The molecule has 0 aromatic heterocycles. The predicted octanol–water partition coefficient (Wildman–Crippen LogP) is 5.64. The van der Waals surface area contributed by atoms with Crippen LogP contribution in [0.5, 0.6) is 0 Å². The highest BCUT2D eigenvalue weighted by atomic mass is 35.5. The summed E-state index contributed by atoms with van der Waals surface area (Å²) in [5, 5.41) is 0.317. The van der Waals surface area contributed by atoms with Crippen molar-refractivity contribution >= 4 is 23.1 Å². The highest BCUT2D eigenvalue weighted by molar-refractivity contribution is 6.31. The van der Waals surface area contributed by atoms with Crippen LogP contribution in [0.4, 0.5) is 4.39 Å². The van der Waals surface area contributed by atoms with Crippen LogP contribution in [-0.4, -0.2) is 12.6 Å². The quantitative estimate of drug-likeness (QED) is 0.476. The first-order chi connectivity index (χ1) is 10.8. The fourth-order valence-corrected chi connectivity index (χ4v) is 2.44. The Kier molecular flexibility index (Phi) is 7.76. The maximum atomic E-state index is 14.2. The Labute approximate surface area is 142 Å². The van der Waals surface area contributed by atoms with E-state index in [9.17, 15) is 9.18 Å². The lowest BCUT2D eigenvalue weighted by Gasteiger charge is -2.11. The molecule has 1 aromatic rings. The number of carbonyl (C=O) groups excluding carboxylic acids is 1. The zero-order valence-electron chi connectivity index (χ0n) is 13.8. The Hall–Kier alpha value is -1.87. The Morgan fingerprint density at radius 1 is 1.26 bits per heavy atom. The monoisotopic (exact) mass is 336 g/mol. The molecule has 1 aromatic carbocycles. The normalized spacial score (nSPS) is 12.2. The summed E-state index contributed by atoms with van der Waals surface area (Å²) in [7, 11) is 0. The van der Waals surface area contributed by atoms with Gasteiger partial charge in [0.1, 0.15) is 5.83 Å². The first-order valence-corrected chi connectivity index (χ1v) is 7.87. The van der Waals surface area contributed by atoms with Crippen molar-refractivity contribution < 1.29 is 13.9 Å². The number of ether oxygens (including phenoxy) is 1. The molecule has 0 atom stereocenters. The number of halogens is 2. The standard InChI is InChI=1S/C19H22ClFO2/c1-5-23-18(22)10-9-17(21)12-16(11-15(4)20)19-13(2)7-6-8-14(19)3/h6-8,11-12H,4-5,9-10H2,1-3H3/b16-11+,17-12-. The topological polar surface area (TPSA) is 26.3 Å². The van der Waals surface area contributed by atoms with Gasteiger partial charge in [0.15, 0.2) is 0 Å². The van der Waals surface area contributed by atoms with Gasteiger partial charge in [-0.1, -0.05) is 36.4 Å². The van der Waals surface area contributed by atoms with Crippen molar-refractivity contribution in [1.29, 1.82) is 0 Å². The molecule has 0 radical (unpaired) electrons. The Morgan fingerprint density at radius 2 is 1.87 bits per heavy atom. The van der Waals surface area contributed by atoms with E-state index < -0.39 is 11.8 Å². The summed E-state index contributed by atoms with van der Waals surface area (Å²) in [6, 6.07) is 5.86. The maximum absolute atomic E-state index is 14.2. The molecule has 0 fully saturated rings. The van der Waals surface area contributed by atoms with Crippen molar-refractivity contribution in [3.05, 3.63) is 64.5 Å². The summed E-state index contributed by atoms with van der Waals surface area (Å²) in [6.45, 7) is 9.58. The van der Waals surface area contributed by atoms with E-state index in [-0.39, 0.29) is 12.8 Å². The van der Waals surface area contributed by atoms with E-state index >= 15 is 0 Å². The molecule has 0 bridgehead atoms. The fourth-order valence-electron chi connectivity index (χ4n) is 2.32. The molecule has 0 N–H and O–H groups in total. The van der Waals surface area contributed by atoms with Crippen LogP contribution in [0.1, 0.15) is 36.5 Å². The Bertz CT molecular complexity index is 625. The van der Waals surface area contributed by atoms with Gasteiger partial charge in [-0.2, -0.15) is 0 Å². The van der Waals surface area contributed by atoms with Gasteiger partial charge in [-0.3, -0.25) is 4.79 Å². The Balaban J connectivity index is 3.07. The van der Waals surface area contributed by atoms with Gasteiger partial charge in [-0.05, 0) is 55.2 Å². The van der Waals surface area contributed by atoms with E-state index in [2.05, 4.69) is 6.58 Å². The summed E-state index contributed by atoms with van der Waals surface area (Å²) in [6.07, 6.45) is 3.04. The van der Waals surface area contributed by atoms with E-state index in [1.165, 1.54) is 6.08 Å². The van der Waals surface area contributed by atoms with E-state index in [0.717, 1.165) is 16.7 Å². The molecule has 4 heteroatoms. The van der Waals surface area contributed by atoms with Crippen molar-refractivity contribution in [3.63, 3.8) is 0 Å². The fraction of sp³-hybridized carbons (Fsp3) is 0.316. The molecule has 0 aliphatic carbocycles. The molecule has 23 heavy (non-hydrogen) atoms. The second-order valence-electron chi connectivity index (χ2n) is 5.21. The minimum Gasteiger partial charge on any atom is -0.466 e. The molecule has 0 saturated heterocycles. The molecule has 2 nitrogen and oxygen atoms in total. The summed E-state index contributed by atoms with van der Waals surface area (Å²) in [5.74, 6) is -0.805. The van der Waals surface area contributed by atoms with Gasteiger partial charge in [0.25, 0.3) is 0 Å². The van der Waals surface area contributed by atoms with Gasteiger partial charge in [-0.15, -0.1) is 0 Å². The number of benzene rings is 1. The predicted molar refractivity (Wildman–Crippen MR) is 93.9 cm³/mol. The zero-order chi connectivity index (χ0) is 17.4. The van der Waals surface area contributed by atoms with Crippen LogP contribution < -0.4 is 0 Å². The van der Waals surface area contributed by atoms with Crippen LogP contribution in [0, 0.1) is 13.8 Å². The second kappa shape index (κ2) is 9.31. The number of aryl methyl sites for hydroxylation is 2. The van der Waals surface area contributed by atoms with Crippen molar-refractivity contribution in [2.24, 2.45) is 0 Å². The minimum absolute atomic E-state index is 0.00410. The van der Waals surface area contributed by atoms with Gasteiger partial charge in [-0.25, -0.2) is 4.39 Å². The number of esters is 1. The smallest absolute Gasteiger partial charge is 0.306 e. The first-order valence-electron chi connectivity index (χ1n) is 7.49. The van der Waals surface area contributed by atoms with Crippen LogP contribution in [0.3, 0.4) is 0 Å². The summed E-state index contributed by atoms with van der Waals surface area (Å²) in [5.41, 5.74) is 3.59. The van der Waals surface area contributed by atoms with Crippen LogP contribution in [0.2, 0.25) is 0 Å². The highest BCUT2D eigenvalue weighted by Gasteiger charge is 2.10. The van der Waals surface area contributed by atoms with E-state index in [1.54, 1.807) is 13.0 Å². The molecule has 0 unspecified atom stereocenters. The third-order valence-electron chi connectivity index (χ3n) is 3.27. The maximum Gasteiger partial charge on any atom is 0.306 e. The number of allylic oxidation sites excluding steroid dienone is 5. The average molecular weight is 337 g/mol. The highest BCUT2D eigenvalue weighted by Crippen LogP contribution is 2.28. The second-order valence-corrected chi connectivity index (χ2v) is 5.70. The largest absolute Gasteiger partial charge is 0.466 e. The van der Waals surface area contributed by atoms with Crippen LogP contribution in [0.25, 0.3) is 5.57 Å². The van der Waals surface area contributed by atoms with E-state index in [1.807, 2.05) is 32.0 Å². The summed E-state index contributed by atoms with van der Waals surface area (Å²) >= 11 is 5.88. The molecular formula is C19H22ClFO2. The summed E-state index contributed by atoms with van der Waals surface area (Å²) < 4.78 is 19.0. The van der Waals surface area contributed by atoms with Gasteiger partial charge in [0.05, 0.1) is 13.0 Å². The van der Waals surface area contributed by atoms with Gasteiger partial charge < -0.3 is 4.74 Å². The molecule has 1 rings (SSSR count). The first kappa shape index (κ1) is 19.2. The molecular weight excluding hydrogens is 315 g/mol. The van der Waals surface area contributed by atoms with E-state index in [0.29, 0.717) is 17.2 Å². The third kappa shape index (κ3) is 6.41. The van der Waals surface area contributed by atoms with Gasteiger partial charge in [0.2, 0.25) is 0 Å². The van der Waals surface area contributed by atoms with Crippen molar-refractivity contribution in [3.8, 4) is 0 Å². The molecule has 0 saturated carbocycles. The van der Waals surface area contributed by atoms with Crippen LogP contribution >= 0.6 is 11.6 Å². The van der Waals surface area contributed by atoms with Crippen LogP contribution in [0.15, 0.2) is 47.8 Å². The molecule has 0 aliphatic heterocycles. The van der Waals surface area contributed by atoms with Gasteiger partial charge in [0, 0.05) is 11.5 Å². The van der Waals surface area contributed by atoms with Crippen molar-refractivity contribution in [2.45, 2.75) is 33.6 Å². The molecule has 124 valence electrons. The number of hydrogen-bond donors (Lipinski definition) is 0. The number of carbonyl (C=O) groups is 1. The van der Waals surface area contributed by atoms with Crippen LogP contribution in [-0.2, 0) is 9.53 Å². The zero-order valence-corrected chi connectivity index (χ0v) is 14.5. The molecule has 0 spiro atoms. The molecule has 0 aliphatic rings. The lowest BCUT2D eigenvalue weighted by atomic mass is 9.94. The number of hydrogen-bond acceptors (Lipinski definition) is 2. The average Bonchev–Trinajstić information content (AvgIpc) is 2.44. The lowest BCUT2D eigenvalue weighted by Crippen LogP contribution is -2.03. The molecule has 0 amide bonds. The van der Waals surface area contributed by atoms with Crippen molar-refractivity contribution in [2.75, 3.05) is 6.61 Å². The third-order valence-corrected chi connectivity index (χ3v) is 3.38. The number of rotatable bonds is 7. The molecule has 0 heterocycles. The van der Waals surface area contributed by atoms with Crippen molar-refractivity contribution in [1.82, 2.24) is 0 Å². The SMILES string of the molecule is C=C(Cl)/C=C(\C=C(/F)CCC(=O)OCC)c1c(C)cccc1C. The van der Waals surface area contributed by atoms with Gasteiger partial charge >= 0.3 is 5.97 Å². The minimum atomic E-state index is -0.407. The van der Waals surface area contributed by atoms with E-state index in [4.69, 9.17) is 16.3 Å².